The van der Waals surface area contributed by atoms with Crippen molar-refractivity contribution in [1.82, 2.24) is 19.6 Å². The quantitative estimate of drug-likeness (QED) is 0.525. The fraction of sp³-hybridized carbons (Fsp3) is 0.125. The average molecular weight is 396 g/mol. The Bertz CT molecular complexity index is 1190. The fourth-order valence-electron chi connectivity index (χ4n) is 4.04. The van der Waals surface area contributed by atoms with Crippen LogP contribution in [0.3, 0.4) is 0 Å². The number of pyridine rings is 1. The van der Waals surface area contributed by atoms with Crippen molar-refractivity contribution in [2.45, 2.75) is 18.5 Å². The van der Waals surface area contributed by atoms with Crippen molar-refractivity contribution < 1.29 is 9.59 Å². The summed E-state index contributed by atoms with van der Waals surface area (Å²) in [4.78, 5) is 32.4. The van der Waals surface area contributed by atoms with Crippen molar-refractivity contribution in [2.24, 2.45) is 0 Å². The molecule has 0 bridgehead atoms. The fourth-order valence-corrected chi connectivity index (χ4v) is 4.04. The van der Waals surface area contributed by atoms with Crippen molar-refractivity contribution in [2.75, 3.05) is 0 Å². The normalized spacial score (nSPS) is 18.7. The molecule has 2 aromatic carbocycles. The van der Waals surface area contributed by atoms with E-state index in [-0.39, 0.29) is 12.5 Å². The summed E-state index contributed by atoms with van der Waals surface area (Å²) >= 11 is 0. The first-order valence-electron chi connectivity index (χ1n) is 9.82. The molecule has 148 valence electrons. The summed E-state index contributed by atoms with van der Waals surface area (Å²) in [7, 11) is 0. The van der Waals surface area contributed by atoms with Crippen molar-refractivity contribution in [3.05, 3.63) is 108 Å². The topological polar surface area (TPSA) is 66.7 Å². The lowest BCUT2D eigenvalue weighted by atomic mass is 9.83. The van der Waals surface area contributed by atoms with Gasteiger partial charge in [0.2, 0.25) is 0 Å². The van der Waals surface area contributed by atoms with E-state index < -0.39 is 11.6 Å². The van der Waals surface area contributed by atoms with Crippen LogP contribution in [-0.4, -0.2) is 26.2 Å². The van der Waals surface area contributed by atoms with Crippen LogP contribution in [0, 0.1) is 0 Å². The van der Waals surface area contributed by atoms with Crippen LogP contribution in [0.2, 0.25) is 0 Å². The molecule has 5 rings (SSSR count). The number of hydrogen-bond acceptors (Lipinski definition) is 3. The Hall–Kier alpha value is -3.93. The summed E-state index contributed by atoms with van der Waals surface area (Å²) in [6, 6.07) is 24.5. The van der Waals surface area contributed by atoms with Gasteiger partial charge in [-0.1, -0.05) is 66.7 Å². The number of nitrogens with one attached hydrogen (secondary N) is 1. The summed E-state index contributed by atoms with van der Waals surface area (Å²) in [5.41, 5.74) is 2.04. The maximum atomic E-state index is 13.7. The van der Waals surface area contributed by atoms with Gasteiger partial charge in [0.1, 0.15) is 5.65 Å². The molecule has 1 fully saturated rings. The monoisotopic (exact) mass is 396 g/mol. The van der Waals surface area contributed by atoms with Gasteiger partial charge in [-0.15, -0.1) is 0 Å². The molecular weight excluding hydrogens is 376 g/mol. The van der Waals surface area contributed by atoms with Crippen LogP contribution in [0.4, 0.5) is 4.79 Å². The number of hydrogen-bond donors (Lipinski definition) is 1. The molecule has 3 amide bonds. The number of aromatic nitrogens is 2. The molecule has 1 saturated heterocycles. The third-order valence-corrected chi connectivity index (χ3v) is 5.49. The molecule has 1 aliphatic rings. The number of rotatable bonds is 5. The van der Waals surface area contributed by atoms with Crippen LogP contribution >= 0.6 is 0 Å². The van der Waals surface area contributed by atoms with E-state index in [0.717, 1.165) is 16.8 Å². The van der Waals surface area contributed by atoms with E-state index in [1.165, 1.54) is 4.90 Å². The molecule has 4 aromatic rings. The van der Waals surface area contributed by atoms with Crippen molar-refractivity contribution in [3.8, 4) is 0 Å². The molecule has 0 aliphatic carbocycles. The van der Waals surface area contributed by atoms with Gasteiger partial charge < -0.3 is 9.72 Å². The predicted octanol–water partition coefficient (Wildman–Crippen LogP) is 3.52. The minimum Gasteiger partial charge on any atom is -0.319 e. The summed E-state index contributed by atoms with van der Waals surface area (Å²) in [5.74, 6) is -0.264. The zero-order valence-corrected chi connectivity index (χ0v) is 16.2. The highest BCUT2D eigenvalue weighted by Gasteiger charge is 2.52. The Kier molecular flexibility index (Phi) is 4.32. The molecule has 6 nitrogen and oxygen atoms in total. The van der Waals surface area contributed by atoms with Crippen LogP contribution in [-0.2, 0) is 23.3 Å². The summed E-state index contributed by atoms with van der Waals surface area (Å²) in [5, 5.41) is 2.99. The first kappa shape index (κ1) is 18.1. The van der Waals surface area contributed by atoms with Crippen molar-refractivity contribution in [3.63, 3.8) is 0 Å². The minimum atomic E-state index is -1.14. The Labute approximate surface area is 173 Å². The van der Waals surface area contributed by atoms with Crippen LogP contribution in [0.25, 0.3) is 5.65 Å². The lowest BCUT2D eigenvalue weighted by molar-refractivity contribution is -0.132. The lowest BCUT2D eigenvalue weighted by Crippen LogP contribution is -2.46. The van der Waals surface area contributed by atoms with Crippen molar-refractivity contribution >= 4 is 17.6 Å². The highest BCUT2D eigenvalue weighted by molar-refractivity contribution is 6.07. The maximum Gasteiger partial charge on any atom is 0.325 e. The van der Waals surface area contributed by atoms with E-state index in [2.05, 4.69) is 10.3 Å². The third kappa shape index (κ3) is 3.03. The molecule has 0 spiro atoms. The minimum absolute atomic E-state index is 0.121. The highest BCUT2D eigenvalue weighted by Crippen LogP contribution is 2.33. The Morgan fingerprint density at radius 2 is 1.57 bits per heavy atom. The number of imide groups is 1. The predicted molar refractivity (Wildman–Crippen MR) is 113 cm³/mol. The molecule has 30 heavy (non-hydrogen) atoms. The number of imidazole rings is 1. The second-order valence-corrected chi connectivity index (χ2v) is 7.45. The van der Waals surface area contributed by atoms with E-state index >= 15 is 0 Å². The number of benzene rings is 2. The zero-order valence-electron chi connectivity index (χ0n) is 16.2. The molecule has 1 N–H and O–H groups in total. The first-order chi connectivity index (χ1) is 14.7. The van der Waals surface area contributed by atoms with Gasteiger partial charge in [-0.2, -0.15) is 0 Å². The van der Waals surface area contributed by atoms with Gasteiger partial charge in [0.15, 0.2) is 5.54 Å². The first-order valence-corrected chi connectivity index (χ1v) is 9.82. The summed E-state index contributed by atoms with van der Waals surface area (Å²) in [6.07, 6.45) is 4.11. The van der Waals surface area contributed by atoms with Crippen LogP contribution in [0.1, 0.15) is 16.8 Å². The van der Waals surface area contributed by atoms with E-state index in [9.17, 15) is 9.59 Å². The van der Waals surface area contributed by atoms with Gasteiger partial charge in [-0.25, -0.2) is 9.78 Å². The summed E-state index contributed by atoms with van der Waals surface area (Å²) < 4.78 is 1.88. The average Bonchev–Trinajstić information content (AvgIpc) is 3.29. The number of carbonyl (C=O) groups excluding carboxylic acids is 2. The molecule has 0 radical (unpaired) electrons. The molecule has 1 atom stereocenters. The molecule has 3 heterocycles. The molecule has 0 saturated carbocycles. The lowest BCUT2D eigenvalue weighted by Gasteiger charge is -2.27. The molecule has 2 aromatic heterocycles. The van der Waals surface area contributed by atoms with Crippen LogP contribution in [0.5, 0.6) is 0 Å². The largest absolute Gasteiger partial charge is 0.325 e. The third-order valence-electron chi connectivity index (χ3n) is 5.49. The second-order valence-electron chi connectivity index (χ2n) is 7.45. The van der Waals surface area contributed by atoms with Crippen LogP contribution < -0.4 is 5.32 Å². The van der Waals surface area contributed by atoms with Crippen LogP contribution in [0.15, 0.2) is 91.3 Å². The Morgan fingerprint density at radius 1 is 0.867 bits per heavy atom. The molecule has 1 aliphatic heterocycles. The van der Waals surface area contributed by atoms with E-state index in [4.69, 9.17) is 0 Å². The van der Waals surface area contributed by atoms with E-state index in [0.29, 0.717) is 12.1 Å². The maximum absolute atomic E-state index is 13.7. The number of amides is 3. The van der Waals surface area contributed by atoms with Gasteiger partial charge >= 0.3 is 6.03 Å². The SMILES string of the molecule is O=C1N[C@](Cc2ccccc2)(c2ccccc2)C(=O)N1Cc1cn2ccccc2n1. The van der Waals surface area contributed by atoms with E-state index in [1.807, 2.05) is 95.7 Å². The van der Waals surface area contributed by atoms with Crippen molar-refractivity contribution in [1.29, 1.82) is 0 Å². The van der Waals surface area contributed by atoms with Gasteiger partial charge in [0, 0.05) is 18.8 Å². The smallest absolute Gasteiger partial charge is 0.319 e. The van der Waals surface area contributed by atoms with Gasteiger partial charge in [-0.05, 0) is 23.3 Å². The standard InChI is InChI=1S/C24H20N4O2/c29-22-24(19-11-5-2-6-12-19,15-18-9-3-1-4-10-18)26-23(30)28(22)17-20-16-27-14-8-7-13-21(27)25-20/h1-14,16H,15,17H2,(H,26,30)/t24-/m1/s1. The molecule has 0 unspecified atom stereocenters. The van der Waals surface area contributed by atoms with E-state index in [1.54, 1.807) is 0 Å². The second kappa shape index (κ2) is 7.15. The molecule has 6 heteroatoms. The number of carbonyl (C=O) groups is 2. The van der Waals surface area contributed by atoms with Gasteiger partial charge in [0.05, 0.1) is 12.2 Å². The zero-order chi connectivity index (χ0) is 20.6. The van der Waals surface area contributed by atoms with Gasteiger partial charge in [-0.3, -0.25) is 9.69 Å². The highest BCUT2D eigenvalue weighted by atomic mass is 16.2. The summed E-state index contributed by atoms with van der Waals surface area (Å²) in [6.45, 7) is 0.121. The van der Waals surface area contributed by atoms with Gasteiger partial charge in [0.25, 0.3) is 5.91 Å². The number of urea groups is 1. The Morgan fingerprint density at radius 3 is 2.30 bits per heavy atom. The number of fused-ring (bicyclic) bond motifs is 1. The molecular formula is C24H20N4O2. The Balaban J connectivity index is 1.52. The number of nitrogens with zero attached hydrogens (tertiary/aromatic N) is 3.